The average molecular weight is 290 g/mol. The molecule has 1 aliphatic rings. The molecule has 0 saturated heterocycles. The highest BCUT2D eigenvalue weighted by Crippen LogP contribution is 2.50. The van der Waals surface area contributed by atoms with E-state index in [1.807, 2.05) is 12.1 Å². The maximum absolute atomic E-state index is 13.9. The van der Waals surface area contributed by atoms with E-state index in [4.69, 9.17) is 17.3 Å². The van der Waals surface area contributed by atoms with Crippen LogP contribution in [-0.4, -0.2) is 5.78 Å². The first-order valence-corrected chi connectivity index (χ1v) is 6.77. The van der Waals surface area contributed by atoms with Gasteiger partial charge in [-0.1, -0.05) is 23.7 Å². The van der Waals surface area contributed by atoms with Crippen molar-refractivity contribution in [3.8, 4) is 0 Å². The Morgan fingerprint density at radius 3 is 2.35 bits per heavy atom. The van der Waals surface area contributed by atoms with Crippen LogP contribution in [0.3, 0.4) is 0 Å². The summed E-state index contributed by atoms with van der Waals surface area (Å²) in [4.78, 5) is 12.6. The molecule has 0 aliphatic heterocycles. The molecule has 0 heterocycles. The van der Waals surface area contributed by atoms with Gasteiger partial charge in [-0.15, -0.1) is 0 Å². The number of benzene rings is 2. The maximum atomic E-state index is 13.9. The van der Waals surface area contributed by atoms with Gasteiger partial charge < -0.3 is 5.73 Å². The number of hydrogen-bond acceptors (Lipinski definition) is 2. The van der Waals surface area contributed by atoms with E-state index in [1.54, 1.807) is 12.1 Å². The third-order valence-electron chi connectivity index (χ3n) is 3.82. The van der Waals surface area contributed by atoms with Gasteiger partial charge in [0.25, 0.3) is 0 Å². The Bertz CT molecular complexity index is 677. The zero-order valence-electron chi connectivity index (χ0n) is 10.7. The van der Waals surface area contributed by atoms with Crippen molar-refractivity contribution in [1.29, 1.82) is 0 Å². The van der Waals surface area contributed by atoms with E-state index in [-0.39, 0.29) is 16.4 Å². The van der Waals surface area contributed by atoms with Crippen molar-refractivity contribution in [2.45, 2.75) is 18.3 Å². The monoisotopic (exact) mass is 289 g/mol. The molecule has 0 aromatic heterocycles. The molecule has 0 unspecified atom stereocenters. The van der Waals surface area contributed by atoms with Crippen LogP contribution in [-0.2, 0) is 5.41 Å². The van der Waals surface area contributed by atoms with Crippen LogP contribution in [0, 0.1) is 5.82 Å². The summed E-state index contributed by atoms with van der Waals surface area (Å²) < 4.78 is 13.9. The summed E-state index contributed by atoms with van der Waals surface area (Å²) >= 11 is 5.72. The van der Waals surface area contributed by atoms with Crippen LogP contribution in [0.15, 0.2) is 42.5 Å². The first-order chi connectivity index (χ1) is 9.53. The Hall–Kier alpha value is -1.87. The normalized spacial score (nSPS) is 15.9. The number of nitrogen functional groups attached to an aromatic ring is 1. The van der Waals surface area contributed by atoms with Gasteiger partial charge in [0.2, 0.25) is 0 Å². The van der Waals surface area contributed by atoms with E-state index >= 15 is 0 Å². The molecule has 1 fully saturated rings. The number of carbonyl (C=O) groups is 1. The zero-order chi connectivity index (χ0) is 14.3. The summed E-state index contributed by atoms with van der Waals surface area (Å²) in [5.41, 5.74) is 6.71. The summed E-state index contributed by atoms with van der Waals surface area (Å²) in [6, 6.07) is 11.4. The van der Waals surface area contributed by atoms with Crippen molar-refractivity contribution < 1.29 is 9.18 Å². The summed E-state index contributed by atoms with van der Waals surface area (Å²) in [5, 5.41) is 0.288. The number of Topliss-reactive ketones (excluding diaryl/α,β-unsaturated/α-hetero) is 1. The molecule has 2 N–H and O–H groups in total. The molecule has 1 aliphatic carbocycles. The number of anilines is 1. The number of nitrogens with two attached hydrogens (primary N) is 1. The molecule has 0 bridgehead atoms. The first kappa shape index (κ1) is 13.1. The molecular formula is C16H13ClFNO. The SMILES string of the molecule is Nc1ccc(C2(C(=O)c3ccc(Cl)cc3F)CC2)cc1. The fraction of sp³-hybridized carbons (Fsp3) is 0.188. The van der Waals surface area contributed by atoms with Crippen molar-refractivity contribution in [1.82, 2.24) is 0 Å². The molecule has 2 aromatic rings. The smallest absolute Gasteiger partial charge is 0.176 e. The molecule has 3 rings (SSSR count). The van der Waals surface area contributed by atoms with E-state index < -0.39 is 11.2 Å². The highest BCUT2D eigenvalue weighted by Gasteiger charge is 2.51. The van der Waals surface area contributed by atoms with Gasteiger partial charge >= 0.3 is 0 Å². The lowest BCUT2D eigenvalue weighted by Gasteiger charge is -2.15. The van der Waals surface area contributed by atoms with E-state index in [1.165, 1.54) is 18.2 Å². The second-order valence-electron chi connectivity index (χ2n) is 5.16. The molecule has 0 spiro atoms. The molecule has 4 heteroatoms. The Balaban J connectivity index is 1.99. The van der Waals surface area contributed by atoms with Gasteiger partial charge in [-0.25, -0.2) is 4.39 Å². The largest absolute Gasteiger partial charge is 0.399 e. The highest BCUT2D eigenvalue weighted by molar-refractivity contribution is 6.30. The number of hydrogen-bond donors (Lipinski definition) is 1. The fourth-order valence-electron chi connectivity index (χ4n) is 2.51. The highest BCUT2D eigenvalue weighted by atomic mass is 35.5. The predicted molar refractivity (Wildman–Crippen MR) is 77.5 cm³/mol. The van der Waals surface area contributed by atoms with Crippen LogP contribution in [0.1, 0.15) is 28.8 Å². The van der Waals surface area contributed by atoms with Crippen LogP contribution in [0.5, 0.6) is 0 Å². The van der Waals surface area contributed by atoms with Crippen molar-refractivity contribution >= 4 is 23.1 Å². The zero-order valence-corrected chi connectivity index (χ0v) is 11.5. The predicted octanol–water partition coefficient (Wildman–Crippen LogP) is 3.98. The quantitative estimate of drug-likeness (QED) is 0.686. The maximum Gasteiger partial charge on any atom is 0.176 e. The Kier molecular flexibility index (Phi) is 3.02. The van der Waals surface area contributed by atoms with Crippen LogP contribution in [0.25, 0.3) is 0 Å². The van der Waals surface area contributed by atoms with Crippen LogP contribution < -0.4 is 5.73 Å². The number of halogens is 2. The molecule has 102 valence electrons. The number of carbonyl (C=O) groups excluding carboxylic acids is 1. The van der Waals surface area contributed by atoms with Gasteiger partial charge in [-0.3, -0.25) is 4.79 Å². The summed E-state index contributed by atoms with van der Waals surface area (Å²) in [5.74, 6) is -0.749. The van der Waals surface area contributed by atoms with Crippen LogP contribution >= 0.6 is 11.6 Å². The summed E-state index contributed by atoms with van der Waals surface area (Å²) in [6.45, 7) is 0. The molecule has 0 atom stereocenters. The second-order valence-corrected chi connectivity index (χ2v) is 5.59. The minimum Gasteiger partial charge on any atom is -0.399 e. The van der Waals surface area contributed by atoms with Gasteiger partial charge in [0.05, 0.1) is 11.0 Å². The third kappa shape index (κ3) is 2.08. The standard InChI is InChI=1S/C16H13ClFNO/c17-11-3-6-13(14(18)9-11)15(20)16(7-8-16)10-1-4-12(19)5-2-10/h1-6,9H,7-8,19H2. The summed E-state index contributed by atoms with van der Waals surface area (Å²) in [6.07, 6.45) is 1.47. The van der Waals surface area contributed by atoms with Crippen LogP contribution in [0.4, 0.5) is 10.1 Å². The van der Waals surface area contributed by atoms with E-state index in [0.29, 0.717) is 5.69 Å². The van der Waals surface area contributed by atoms with Crippen molar-refractivity contribution in [2.75, 3.05) is 5.73 Å². The molecular weight excluding hydrogens is 277 g/mol. The lowest BCUT2D eigenvalue weighted by molar-refractivity contribution is 0.0942. The van der Waals surface area contributed by atoms with E-state index in [2.05, 4.69) is 0 Å². The summed E-state index contributed by atoms with van der Waals surface area (Å²) in [7, 11) is 0. The molecule has 0 amide bonds. The Morgan fingerprint density at radius 1 is 1.15 bits per heavy atom. The van der Waals surface area contributed by atoms with Gasteiger partial charge in [0.15, 0.2) is 5.78 Å². The lowest BCUT2D eigenvalue weighted by atomic mass is 9.87. The second kappa shape index (κ2) is 4.60. The van der Waals surface area contributed by atoms with Gasteiger partial charge in [0.1, 0.15) is 5.82 Å². The minimum atomic E-state index is -0.595. The fourth-order valence-corrected chi connectivity index (χ4v) is 2.66. The number of ketones is 1. The third-order valence-corrected chi connectivity index (χ3v) is 4.06. The minimum absolute atomic E-state index is 0.101. The Morgan fingerprint density at radius 2 is 1.80 bits per heavy atom. The van der Waals surface area contributed by atoms with Gasteiger partial charge in [-0.2, -0.15) is 0 Å². The van der Waals surface area contributed by atoms with Crippen molar-refractivity contribution in [3.63, 3.8) is 0 Å². The molecule has 2 aromatic carbocycles. The van der Waals surface area contributed by atoms with E-state index in [9.17, 15) is 9.18 Å². The molecule has 2 nitrogen and oxygen atoms in total. The average Bonchev–Trinajstić information content (AvgIpc) is 3.20. The molecule has 1 saturated carbocycles. The number of rotatable bonds is 3. The molecule has 20 heavy (non-hydrogen) atoms. The van der Waals surface area contributed by atoms with E-state index in [0.717, 1.165) is 18.4 Å². The van der Waals surface area contributed by atoms with Crippen molar-refractivity contribution in [3.05, 3.63) is 64.4 Å². The lowest BCUT2D eigenvalue weighted by Crippen LogP contribution is -2.21. The van der Waals surface area contributed by atoms with Crippen LogP contribution in [0.2, 0.25) is 5.02 Å². The van der Waals surface area contributed by atoms with Gasteiger partial charge in [0, 0.05) is 10.7 Å². The van der Waals surface area contributed by atoms with Crippen molar-refractivity contribution in [2.24, 2.45) is 0 Å². The van der Waals surface area contributed by atoms with Gasteiger partial charge in [-0.05, 0) is 48.7 Å². The first-order valence-electron chi connectivity index (χ1n) is 6.39. The Labute approximate surface area is 121 Å². The topological polar surface area (TPSA) is 43.1 Å². The molecule has 0 radical (unpaired) electrons.